The minimum absolute atomic E-state index is 0.0121. The van der Waals surface area contributed by atoms with Gasteiger partial charge in [0.15, 0.2) is 0 Å². The van der Waals surface area contributed by atoms with Gasteiger partial charge in [-0.25, -0.2) is 9.97 Å². The van der Waals surface area contributed by atoms with E-state index in [9.17, 15) is 10.1 Å². The molecular weight excluding hydrogens is 352 g/mol. The van der Waals surface area contributed by atoms with E-state index in [0.29, 0.717) is 22.9 Å². The van der Waals surface area contributed by atoms with Crippen LogP contribution in [0.15, 0.2) is 49.1 Å². The number of methoxy groups -OCH3 is 2. The number of nitrogens with zero attached hydrogens (tertiary/aromatic N) is 4. The molecule has 2 aromatic heterocycles. The zero-order chi connectivity index (χ0) is 19.2. The molecule has 2 N–H and O–H groups in total. The first-order valence-corrected chi connectivity index (χ1v) is 7.78. The molecule has 0 radical (unpaired) electrons. The van der Waals surface area contributed by atoms with Gasteiger partial charge in [0.2, 0.25) is 11.6 Å². The predicted molar refractivity (Wildman–Crippen MR) is 99.0 cm³/mol. The van der Waals surface area contributed by atoms with Crippen molar-refractivity contribution in [3.05, 3.63) is 59.2 Å². The van der Waals surface area contributed by atoms with Gasteiger partial charge in [-0.1, -0.05) is 0 Å². The highest BCUT2D eigenvalue weighted by molar-refractivity contribution is 5.78. The van der Waals surface area contributed by atoms with E-state index in [1.54, 1.807) is 42.7 Å². The van der Waals surface area contributed by atoms with Crippen LogP contribution in [-0.4, -0.2) is 34.1 Å². The molecule has 0 saturated heterocycles. The van der Waals surface area contributed by atoms with Crippen LogP contribution in [0, 0.1) is 10.1 Å². The van der Waals surface area contributed by atoms with Crippen LogP contribution in [0.25, 0.3) is 0 Å². The van der Waals surface area contributed by atoms with Gasteiger partial charge in [-0.15, -0.1) is 0 Å². The second-order valence-corrected chi connectivity index (χ2v) is 5.23. The maximum atomic E-state index is 11.7. The van der Waals surface area contributed by atoms with Gasteiger partial charge >= 0.3 is 5.69 Å². The summed E-state index contributed by atoms with van der Waals surface area (Å²) in [7, 11) is 3.02. The summed E-state index contributed by atoms with van der Waals surface area (Å²) in [6, 6.07) is 8.40. The second kappa shape index (κ2) is 7.95. The van der Waals surface area contributed by atoms with Crippen LogP contribution < -0.4 is 20.1 Å². The van der Waals surface area contributed by atoms with Gasteiger partial charge in [0.25, 0.3) is 0 Å². The average Bonchev–Trinajstić information content (AvgIpc) is 2.68. The van der Waals surface area contributed by atoms with Crippen molar-refractivity contribution in [3.63, 3.8) is 0 Å². The second-order valence-electron chi connectivity index (χ2n) is 5.23. The van der Waals surface area contributed by atoms with Gasteiger partial charge in [-0.05, 0) is 24.3 Å². The van der Waals surface area contributed by atoms with E-state index in [4.69, 9.17) is 9.47 Å². The van der Waals surface area contributed by atoms with Crippen LogP contribution in [0.4, 0.5) is 28.7 Å². The highest BCUT2D eigenvalue weighted by atomic mass is 16.6. The summed E-state index contributed by atoms with van der Waals surface area (Å²) in [5.74, 6) is 1.10. The SMILES string of the molecule is COc1ccc(OC)c(Nc2ncnc(Nc3ccncc3)c2[N+](=O)[O-])c1. The lowest BCUT2D eigenvalue weighted by molar-refractivity contribution is -0.383. The van der Waals surface area contributed by atoms with Crippen LogP contribution in [0.2, 0.25) is 0 Å². The maximum absolute atomic E-state index is 11.7. The minimum atomic E-state index is -0.557. The summed E-state index contributed by atoms with van der Waals surface area (Å²) in [6.45, 7) is 0. The fraction of sp³-hybridized carbons (Fsp3) is 0.118. The van der Waals surface area contributed by atoms with Gasteiger partial charge < -0.3 is 20.1 Å². The Bertz CT molecular complexity index is 951. The van der Waals surface area contributed by atoms with Crippen molar-refractivity contribution in [1.29, 1.82) is 0 Å². The van der Waals surface area contributed by atoms with Crippen molar-refractivity contribution in [2.45, 2.75) is 0 Å². The number of nitrogens with one attached hydrogen (secondary N) is 2. The molecule has 3 rings (SSSR count). The lowest BCUT2D eigenvalue weighted by Gasteiger charge is -2.13. The fourth-order valence-electron chi connectivity index (χ4n) is 2.35. The molecule has 0 aliphatic rings. The monoisotopic (exact) mass is 368 g/mol. The van der Waals surface area contributed by atoms with E-state index in [0.717, 1.165) is 0 Å². The number of hydrogen-bond donors (Lipinski definition) is 2. The van der Waals surface area contributed by atoms with E-state index in [2.05, 4.69) is 25.6 Å². The number of rotatable bonds is 7. The number of ether oxygens (including phenoxy) is 2. The van der Waals surface area contributed by atoms with Gasteiger partial charge in [0.05, 0.1) is 24.8 Å². The van der Waals surface area contributed by atoms with Crippen LogP contribution in [-0.2, 0) is 0 Å². The van der Waals surface area contributed by atoms with Gasteiger partial charge in [-0.2, -0.15) is 0 Å². The normalized spacial score (nSPS) is 10.1. The Hall–Kier alpha value is -3.95. The van der Waals surface area contributed by atoms with Gasteiger partial charge in [-0.3, -0.25) is 15.1 Å². The largest absolute Gasteiger partial charge is 0.497 e. The van der Waals surface area contributed by atoms with Crippen LogP contribution in [0.5, 0.6) is 11.5 Å². The zero-order valence-electron chi connectivity index (χ0n) is 14.5. The smallest absolute Gasteiger partial charge is 0.353 e. The Morgan fingerprint density at radius 2 is 1.70 bits per heavy atom. The zero-order valence-corrected chi connectivity index (χ0v) is 14.5. The quantitative estimate of drug-likeness (QED) is 0.477. The molecule has 3 aromatic rings. The maximum Gasteiger partial charge on any atom is 0.353 e. The lowest BCUT2D eigenvalue weighted by atomic mass is 10.2. The fourth-order valence-corrected chi connectivity index (χ4v) is 2.35. The number of benzene rings is 1. The molecule has 0 aliphatic carbocycles. The minimum Gasteiger partial charge on any atom is -0.497 e. The summed E-state index contributed by atoms with van der Waals surface area (Å²) < 4.78 is 10.5. The number of pyridine rings is 1. The van der Waals surface area contributed by atoms with Crippen LogP contribution >= 0.6 is 0 Å². The number of hydrogen-bond acceptors (Lipinski definition) is 9. The summed E-state index contributed by atoms with van der Waals surface area (Å²) in [5.41, 5.74) is 0.768. The van der Waals surface area contributed by atoms with E-state index in [-0.39, 0.29) is 17.3 Å². The van der Waals surface area contributed by atoms with Crippen molar-refractivity contribution in [2.75, 3.05) is 24.9 Å². The Balaban J connectivity index is 2.01. The molecule has 138 valence electrons. The van der Waals surface area contributed by atoms with E-state index >= 15 is 0 Å². The third kappa shape index (κ3) is 4.00. The molecule has 0 bridgehead atoms. The highest BCUT2D eigenvalue weighted by Crippen LogP contribution is 2.36. The molecule has 0 amide bonds. The van der Waals surface area contributed by atoms with E-state index < -0.39 is 4.92 Å². The van der Waals surface area contributed by atoms with Gasteiger partial charge in [0, 0.05) is 24.1 Å². The average molecular weight is 368 g/mol. The molecular formula is C17H16N6O4. The lowest BCUT2D eigenvalue weighted by Crippen LogP contribution is -2.06. The summed E-state index contributed by atoms with van der Waals surface area (Å²) in [6.07, 6.45) is 4.36. The molecule has 2 heterocycles. The molecule has 27 heavy (non-hydrogen) atoms. The molecule has 0 aliphatic heterocycles. The van der Waals surface area contributed by atoms with Crippen LogP contribution in [0.1, 0.15) is 0 Å². The first-order valence-electron chi connectivity index (χ1n) is 7.78. The molecule has 10 heteroatoms. The van der Waals surface area contributed by atoms with E-state index in [1.165, 1.54) is 20.5 Å². The molecule has 0 fully saturated rings. The molecule has 1 aromatic carbocycles. The molecule has 0 unspecified atom stereocenters. The number of nitro groups is 1. The summed E-state index contributed by atoms with van der Waals surface area (Å²) >= 11 is 0. The molecule has 0 atom stereocenters. The van der Waals surface area contributed by atoms with Crippen molar-refractivity contribution in [3.8, 4) is 11.5 Å². The Morgan fingerprint density at radius 1 is 1.00 bits per heavy atom. The highest BCUT2D eigenvalue weighted by Gasteiger charge is 2.24. The van der Waals surface area contributed by atoms with Crippen LogP contribution in [0.3, 0.4) is 0 Å². The third-order valence-electron chi connectivity index (χ3n) is 3.61. The standard InChI is InChI=1S/C17H16N6O4/c1-26-12-3-4-14(27-2)13(9-12)22-17-15(23(24)25)16(19-10-20-17)21-11-5-7-18-8-6-11/h3-10H,1-2H3,(H2,18,19,20,21,22). The summed E-state index contributed by atoms with van der Waals surface area (Å²) in [4.78, 5) is 23.0. The number of anilines is 4. The topological polar surface area (TPSA) is 124 Å². The van der Waals surface area contributed by atoms with E-state index in [1.807, 2.05) is 0 Å². The van der Waals surface area contributed by atoms with Crippen molar-refractivity contribution < 1.29 is 14.4 Å². The third-order valence-corrected chi connectivity index (χ3v) is 3.61. The molecule has 0 saturated carbocycles. The molecule has 0 spiro atoms. The Morgan fingerprint density at radius 3 is 2.33 bits per heavy atom. The molecule has 10 nitrogen and oxygen atoms in total. The Labute approximate surface area is 154 Å². The van der Waals surface area contributed by atoms with Crippen molar-refractivity contribution >= 4 is 28.7 Å². The first-order chi connectivity index (χ1) is 13.1. The first kappa shape index (κ1) is 17.9. The van der Waals surface area contributed by atoms with Crippen molar-refractivity contribution in [1.82, 2.24) is 15.0 Å². The van der Waals surface area contributed by atoms with Gasteiger partial charge in [0.1, 0.15) is 17.8 Å². The number of aromatic nitrogens is 3. The Kier molecular flexibility index (Phi) is 5.26. The van der Waals surface area contributed by atoms with Crippen molar-refractivity contribution in [2.24, 2.45) is 0 Å². The predicted octanol–water partition coefficient (Wildman–Crippen LogP) is 3.28. The summed E-state index contributed by atoms with van der Waals surface area (Å²) in [5, 5.41) is 17.5.